The molecule has 1 aliphatic rings. The van der Waals surface area contributed by atoms with Gasteiger partial charge in [-0.05, 0) is 19.8 Å². The lowest BCUT2D eigenvalue weighted by Gasteiger charge is -2.40. The van der Waals surface area contributed by atoms with Gasteiger partial charge in [0, 0.05) is 32.0 Å². The molecular weight excluding hydrogens is 248 g/mol. The fourth-order valence-electron chi connectivity index (χ4n) is 2.70. The Hall–Kier alpha value is -1.59. The Labute approximate surface area is 113 Å². The molecule has 108 valence electrons. The summed E-state index contributed by atoms with van der Waals surface area (Å²) in [5.74, 6) is -1.79. The van der Waals surface area contributed by atoms with Crippen molar-refractivity contribution < 1.29 is 19.5 Å². The minimum absolute atomic E-state index is 0.0678. The number of likely N-dealkylation sites (tertiary alicyclic amines) is 1. The van der Waals surface area contributed by atoms with Crippen molar-refractivity contribution >= 4 is 17.8 Å². The van der Waals surface area contributed by atoms with E-state index in [4.69, 9.17) is 0 Å². The minimum Gasteiger partial charge on any atom is -0.481 e. The number of carboxylic acid groups (broad SMARTS) is 1. The molecule has 1 rings (SSSR count). The summed E-state index contributed by atoms with van der Waals surface area (Å²) < 4.78 is 0. The topological polar surface area (TPSA) is 86.7 Å². The number of rotatable bonds is 5. The average Bonchev–Trinajstić information content (AvgIpc) is 2.27. The second-order valence-corrected chi connectivity index (χ2v) is 5.08. The predicted octanol–water partition coefficient (Wildman–Crippen LogP) is 0.470. The fourth-order valence-corrected chi connectivity index (χ4v) is 2.70. The molecule has 0 aromatic carbocycles. The van der Waals surface area contributed by atoms with E-state index in [9.17, 15) is 19.5 Å². The summed E-state index contributed by atoms with van der Waals surface area (Å²) in [4.78, 5) is 36.1. The van der Waals surface area contributed by atoms with Crippen LogP contribution in [0.1, 0.15) is 33.6 Å². The van der Waals surface area contributed by atoms with E-state index in [-0.39, 0.29) is 43.2 Å². The van der Waals surface area contributed by atoms with E-state index >= 15 is 0 Å². The molecule has 0 aromatic rings. The number of piperidine rings is 1. The van der Waals surface area contributed by atoms with Crippen LogP contribution in [-0.2, 0) is 14.4 Å². The highest BCUT2D eigenvalue weighted by Crippen LogP contribution is 2.30. The molecule has 1 heterocycles. The summed E-state index contributed by atoms with van der Waals surface area (Å²) in [6.07, 6.45) is 0.446. The molecule has 0 saturated carbocycles. The van der Waals surface area contributed by atoms with Crippen molar-refractivity contribution in [1.29, 1.82) is 0 Å². The number of nitrogens with zero attached hydrogens (tertiary/aromatic N) is 1. The van der Waals surface area contributed by atoms with Crippen LogP contribution in [-0.4, -0.2) is 46.9 Å². The molecular formula is C13H22N2O4. The Morgan fingerprint density at radius 1 is 1.42 bits per heavy atom. The smallest absolute Gasteiger partial charge is 0.308 e. The molecule has 2 amide bonds. The van der Waals surface area contributed by atoms with Gasteiger partial charge in [-0.1, -0.05) is 6.92 Å². The van der Waals surface area contributed by atoms with Crippen LogP contribution in [0.25, 0.3) is 0 Å². The lowest BCUT2D eigenvalue weighted by molar-refractivity contribution is -0.154. The standard InChI is InChI=1S/C13H22N2O4/c1-4-14-10(16)5-6-15-9(3)12(13(18)19)8(2)7-11(15)17/h8-9,12H,4-7H2,1-3H3,(H,14,16)(H,18,19). The van der Waals surface area contributed by atoms with Crippen LogP contribution >= 0.6 is 0 Å². The van der Waals surface area contributed by atoms with Crippen LogP contribution in [0.2, 0.25) is 0 Å². The zero-order valence-corrected chi connectivity index (χ0v) is 11.7. The van der Waals surface area contributed by atoms with Crippen LogP contribution in [0.5, 0.6) is 0 Å². The second kappa shape index (κ2) is 6.54. The number of nitrogens with one attached hydrogen (secondary N) is 1. The van der Waals surface area contributed by atoms with E-state index in [1.165, 1.54) is 4.90 Å². The van der Waals surface area contributed by atoms with Gasteiger partial charge in [-0.2, -0.15) is 0 Å². The van der Waals surface area contributed by atoms with Crippen molar-refractivity contribution in [1.82, 2.24) is 10.2 Å². The highest BCUT2D eigenvalue weighted by Gasteiger charge is 2.41. The molecule has 1 aliphatic heterocycles. The maximum atomic E-state index is 12.0. The first kappa shape index (κ1) is 15.5. The van der Waals surface area contributed by atoms with Gasteiger partial charge < -0.3 is 15.3 Å². The molecule has 0 bridgehead atoms. The Morgan fingerprint density at radius 3 is 2.58 bits per heavy atom. The van der Waals surface area contributed by atoms with Crippen LogP contribution < -0.4 is 5.32 Å². The number of hydrogen-bond acceptors (Lipinski definition) is 3. The quantitative estimate of drug-likeness (QED) is 0.760. The molecule has 0 spiro atoms. The van der Waals surface area contributed by atoms with Crippen LogP contribution in [0.15, 0.2) is 0 Å². The Morgan fingerprint density at radius 2 is 2.05 bits per heavy atom. The third-order valence-corrected chi connectivity index (χ3v) is 3.68. The number of carbonyl (C=O) groups is 3. The SMILES string of the molecule is CCNC(=O)CCN1C(=O)CC(C)C(C(=O)O)C1C. The van der Waals surface area contributed by atoms with Crippen molar-refractivity contribution in [2.45, 2.75) is 39.7 Å². The van der Waals surface area contributed by atoms with E-state index in [0.29, 0.717) is 6.54 Å². The van der Waals surface area contributed by atoms with Gasteiger partial charge in [0.15, 0.2) is 0 Å². The summed E-state index contributed by atoms with van der Waals surface area (Å²) in [6.45, 7) is 6.19. The summed E-state index contributed by atoms with van der Waals surface area (Å²) in [5.41, 5.74) is 0. The highest BCUT2D eigenvalue weighted by molar-refractivity contribution is 5.83. The predicted molar refractivity (Wildman–Crippen MR) is 69.4 cm³/mol. The fraction of sp³-hybridized carbons (Fsp3) is 0.769. The highest BCUT2D eigenvalue weighted by atomic mass is 16.4. The normalized spacial score (nSPS) is 27.2. The Kier molecular flexibility index (Phi) is 5.32. The molecule has 6 heteroatoms. The maximum Gasteiger partial charge on any atom is 0.308 e. The summed E-state index contributed by atoms with van der Waals surface area (Å²) in [7, 11) is 0. The number of aliphatic carboxylic acids is 1. The molecule has 6 nitrogen and oxygen atoms in total. The molecule has 3 unspecified atom stereocenters. The monoisotopic (exact) mass is 270 g/mol. The number of hydrogen-bond donors (Lipinski definition) is 2. The minimum atomic E-state index is -0.879. The van der Waals surface area contributed by atoms with E-state index in [0.717, 1.165) is 0 Å². The van der Waals surface area contributed by atoms with Gasteiger partial charge in [0.1, 0.15) is 0 Å². The van der Waals surface area contributed by atoms with Gasteiger partial charge in [-0.25, -0.2) is 0 Å². The summed E-state index contributed by atoms with van der Waals surface area (Å²) >= 11 is 0. The van der Waals surface area contributed by atoms with Gasteiger partial charge in [0.05, 0.1) is 5.92 Å². The van der Waals surface area contributed by atoms with E-state index in [1.54, 1.807) is 13.8 Å². The third kappa shape index (κ3) is 3.68. The second-order valence-electron chi connectivity index (χ2n) is 5.08. The summed E-state index contributed by atoms with van der Waals surface area (Å²) in [5, 5.41) is 11.9. The first-order valence-electron chi connectivity index (χ1n) is 6.67. The van der Waals surface area contributed by atoms with Crippen molar-refractivity contribution in [3.8, 4) is 0 Å². The molecule has 0 aliphatic carbocycles. The van der Waals surface area contributed by atoms with Gasteiger partial charge >= 0.3 is 5.97 Å². The zero-order chi connectivity index (χ0) is 14.6. The Balaban J connectivity index is 2.68. The van der Waals surface area contributed by atoms with E-state index < -0.39 is 11.9 Å². The number of carboxylic acids is 1. The molecule has 19 heavy (non-hydrogen) atoms. The van der Waals surface area contributed by atoms with Crippen molar-refractivity contribution in [3.05, 3.63) is 0 Å². The first-order valence-corrected chi connectivity index (χ1v) is 6.67. The Bertz CT molecular complexity index is 370. The lowest BCUT2D eigenvalue weighted by atomic mass is 9.81. The van der Waals surface area contributed by atoms with Crippen molar-refractivity contribution in [2.24, 2.45) is 11.8 Å². The number of carbonyl (C=O) groups excluding carboxylic acids is 2. The summed E-state index contributed by atoms with van der Waals surface area (Å²) in [6, 6.07) is -0.372. The van der Waals surface area contributed by atoms with Gasteiger partial charge in [-0.15, -0.1) is 0 Å². The van der Waals surface area contributed by atoms with Gasteiger partial charge in [0.25, 0.3) is 0 Å². The van der Waals surface area contributed by atoms with Gasteiger partial charge in [-0.3, -0.25) is 14.4 Å². The van der Waals surface area contributed by atoms with E-state index in [1.807, 2.05) is 6.92 Å². The molecule has 2 N–H and O–H groups in total. The molecule has 3 atom stereocenters. The lowest BCUT2D eigenvalue weighted by Crippen LogP contribution is -2.53. The van der Waals surface area contributed by atoms with Crippen molar-refractivity contribution in [2.75, 3.05) is 13.1 Å². The van der Waals surface area contributed by atoms with E-state index in [2.05, 4.69) is 5.32 Å². The van der Waals surface area contributed by atoms with Crippen LogP contribution in [0, 0.1) is 11.8 Å². The van der Waals surface area contributed by atoms with Gasteiger partial charge in [0.2, 0.25) is 11.8 Å². The van der Waals surface area contributed by atoms with Crippen molar-refractivity contribution in [3.63, 3.8) is 0 Å². The largest absolute Gasteiger partial charge is 0.481 e. The van der Waals surface area contributed by atoms with Crippen LogP contribution in [0.4, 0.5) is 0 Å². The molecule has 1 saturated heterocycles. The third-order valence-electron chi connectivity index (χ3n) is 3.68. The zero-order valence-electron chi connectivity index (χ0n) is 11.7. The number of amides is 2. The molecule has 0 radical (unpaired) electrons. The molecule has 1 fully saturated rings. The van der Waals surface area contributed by atoms with Crippen LogP contribution in [0.3, 0.4) is 0 Å². The molecule has 0 aromatic heterocycles. The average molecular weight is 270 g/mol. The first-order chi connectivity index (χ1) is 8.88. The maximum absolute atomic E-state index is 12.0.